The van der Waals surface area contributed by atoms with Gasteiger partial charge >= 0.3 is 0 Å². The molecule has 22 heavy (non-hydrogen) atoms. The molecule has 0 saturated heterocycles. The number of unbranched alkanes of at least 4 members (excludes halogenated alkanes) is 8. The molecule has 0 fully saturated rings. The average Bonchev–Trinajstić information content (AvgIpc) is 2.96. The summed E-state index contributed by atoms with van der Waals surface area (Å²) in [5.74, 6) is 0. The van der Waals surface area contributed by atoms with Crippen molar-refractivity contribution >= 4 is 6.21 Å². The molecule has 1 atom stereocenters. The van der Waals surface area contributed by atoms with Crippen molar-refractivity contribution < 1.29 is 5.11 Å². The van der Waals surface area contributed by atoms with Gasteiger partial charge in [0.2, 0.25) is 0 Å². The Kier molecular flexibility index (Phi) is 12.3. The number of β-amino-alcohol motifs (C(OH)–C–C–N with tert-alkyl or cyclic N) is 1. The molecule has 0 radical (unpaired) electrons. The first kappa shape index (κ1) is 19.4. The largest absolute Gasteiger partial charge is 0.395 e. The minimum absolute atomic E-state index is 0.239. The van der Waals surface area contributed by atoms with Crippen molar-refractivity contribution in [2.24, 2.45) is 4.99 Å². The Hall–Kier alpha value is -0.670. The second kappa shape index (κ2) is 14.0. The number of rotatable bonds is 14. The fraction of sp³-hybridized carbons (Fsp3) is 0.842. The van der Waals surface area contributed by atoms with Crippen molar-refractivity contribution in [2.45, 2.75) is 83.7 Å². The van der Waals surface area contributed by atoms with E-state index >= 15 is 0 Å². The molecule has 0 aromatic rings. The first-order valence-electron chi connectivity index (χ1n) is 9.40. The van der Waals surface area contributed by atoms with Crippen molar-refractivity contribution in [3.63, 3.8) is 0 Å². The Morgan fingerprint density at radius 2 is 1.73 bits per heavy atom. The van der Waals surface area contributed by atoms with Crippen LogP contribution in [0.5, 0.6) is 0 Å². The van der Waals surface area contributed by atoms with Crippen LogP contribution in [-0.2, 0) is 0 Å². The van der Waals surface area contributed by atoms with Crippen molar-refractivity contribution in [2.75, 3.05) is 19.7 Å². The molecule has 1 heterocycles. The van der Waals surface area contributed by atoms with Crippen LogP contribution in [0.3, 0.4) is 0 Å². The van der Waals surface area contributed by atoms with Crippen LogP contribution in [-0.4, -0.2) is 42.1 Å². The summed E-state index contributed by atoms with van der Waals surface area (Å²) in [5, 5.41) is 9.01. The number of aliphatic hydroxyl groups excluding tert-OH is 1. The predicted molar refractivity (Wildman–Crippen MR) is 96.5 cm³/mol. The Bertz CT molecular complexity index is 302. The van der Waals surface area contributed by atoms with Gasteiger partial charge in [-0.2, -0.15) is 0 Å². The summed E-state index contributed by atoms with van der Waals surface area (Å²) in [6.45, 7) is 4.17. The summed E-state index contributed by atoms with van der Waals surface area (Å²) in [6, 6.07) is 0. The van der Waals surface area contributed by atoms with E-state index in [2.05, 4.69) is 29.0 Å². The normalized spacial score (nSPS) is 18.7. The van der Waals surface area contributed by atoms with Gasteiger partial charge in [0.05, 0.1) is 6.61 Å². The van der Waals surface area contributed by atoms with E-state index in [4.69, 9.17) is 5.11 Å². The SMILES string of the molecule is CCCCCCC/C=C/CCCCCC1N=CCN1CCO. The van der Waals surface area contributed by atoms with Crippen LogP contribution in [0.1, 0.15) is 77.6 Å². The van der Waals surface area contributed by atoms with Crippen molar-refractivity contribution in [1.82, 2.24) is 4.90 Å². The molecule has 1 aliphatic rings. The highest BCUT2D eigenvalue weighted by Gasteiger charge is 2.19. The third kappa shape index (κ3) is 9.37. The lowest BCUT2D eigenvalue weighted by atomic mass is 10.1. The molecule has 0 bridgehead atoms. The highest BCUT2D eigenvalue weighted by atomic mass is 16.3. The van der Waals surface area contributed by atoms with E-state index in [9.17, 15) is 0 Å². The van der Waals surface area contributed by atoms with Gasteiger partial charge in [-0.3, -0.25) is 9.89 Å². The minimum Gasteiger partial charge on any atom is -0.395 e. The second-order valence-corrected chi connectivity index (χ2v) is 6.34. The Morgan fingerprint density at radius 3 is 2.41 bits per heavy atom. The molecule has 0 aromatic heterocycles. The highest BCUT2D eigenvalue weighted by molar-refractivity contribution is 5.62. The molecule has 3 heteroatoms. The molecule has 128 valence electrons. The van der Waals surface area contributed by atoms with Crippen LogP contribution >= 0.6 is 0 Å². The van der Waals surface area contributed by atoms with Crippen LogP contribution in [0.25, 0.3) is 0 Å². The van der Waals surface area contributed by atoms with Gasteiger partial charge in [0.15, 0.2) is 0 Å². The molecule has 0 saturated carbocycles. The topological polar surface area (TPSA) is 35.8 Å². The summed E-state index contributed by atoms with van der Waals surface area (Å²) in [7, 11) is 0. The lowest BCUT2D eigenvalue weighted by molar-refractivity contribution is 0.176. The van der Waals surface area contributed by atoms with Gasteiger partial charge in [0.1, 0.15) is 6.17 Å². The van der Waals surface area contributed by atoms with Gasteiger partial charge in [-0.1, -0.05) is 51.2 Å². The van der Waals surface area contributed by atoms with Crippen molar-refractivity contribution in [3.8, 4) is 0 Å². The van der Waals surface area contributed by atoms with Gasteiger partial charge in [0.25, 0.3) is 0 Å². The number of hydrogen-bond acceptors (Lipinski definition) is 3. The van der Waals surface area contributed by atoms with E-state index < -0.39 is 0 Å². The molecule has 0 aromatic carbocycles. The maximum absolute atomic E-state index is 9.01. The fourth-order valence-corrected chi connectivity index (χ4v) is 2.98. The summed E-state index contributed by atoms with van der Waals surface area (Å²) in [5.41, 5.74) is 0. The summed E-state index contributed by atoms with van der Waals surface area (Å²) in [4.78, 5) is 6.76. The van der Waals surface area contributed by atoms with E-state index in [-0.39, 0.29) is 6.61 Å². The lowest BCUT2D eigenvalue weighted by Gasteiger charge is -2.21. The van der Waals surface area contributed by atoms with Gasteiger partial charge in [-0.15, -0.1) is 0 Å². The van der Waals surface area contributed by atoms with Gasteiger partial charge < -0.3 is 5.11 Å². The van der Waals surface area contributed by atoms with E-state index in [0.717, 1.165) is 19.5 Å². The zero-order valence-electron chi connectivity index (χ0n) is 14.6. The van der Waals surface area contributed by atoms with Crippen LogP contribution in [0, 0.1) is 0 Å². The summed E-state index contributed by atoms with van der Waals surface area (Å²) >= 11 is 0. The highest BCUT2D eigenvalue weighted by Crippen LogP contribution is 2.15. The molecule has 0 spiro atoms. The van der Waals surface area contributed by atoms with E-state index in [1.54, 1.807) is 0 Å². The zero-order chi connectivity index (χ0) is 15.9. The molecule has 1 N–H and O–H groups in total. The van der Waals surface area contributed by atoms with Gasteiger partial charge in [-0.25, -0.2) is 0 Å². The Morgan fingerprint density at radius 1 is 1.05 bits per heavy atom. The van der Waals surface area contributed by atoms with Crippen LogP contribution in [0.2, 0.25) is 0 Å². The van der Waals surface area contributed by atoms with Gasteiger partial charge in [-0.05, 0) is 38.5 Å². The standard InChI is InChI=1S/C19H36N2O/c1-2-3-4-5-6-7-8-9-10-11-12-13-14-19-20-15-16-21(19)17-18-22/h8-9,15,19,22H,2-7,10-14,16-18H2,1H3/b9-8+. The molecule has 0 aliphatic carbocycles. The smallest absolute Gasteiger partial charge is 0.102 e. The van der Waals surface area contributed by atoms with Crippen LogP contribution in [0.15, 0.2) is 17.1 Å². The third-order valence-corrected chi connectivity index (χ3v) is 4.38. The Balaban J connectivity index is 1.88. The van der Waals surface area contributed by atoms with Crippen LogP contribution in [0.4, 0.5) is 0 Å². The zero-order valence-corrected chi connectivity index (χ0v) is 14.6. The molecule has 1 aliphatic heterocycles. The van der Waals surface area contributed by atoms with Crippen LogP contribution < -0.4 is 0 Å². The first-order valence-corrected chi connectivity index (χ1v) is 9.40. The molecular weight excluding hydrogens is 272 g/mol. The lowest BCUT2D eigenvalue weighted by Crippen LogP contribution is -2.32. The van der Waals surface area contributed by atoms with Crippen molar-refractivity contribution in [1.29, 1.82) is 0 Å². The average molecular weight is 309 g/mol. The molecule has 0 amide bonds. The predicted octanol–water partition coefficient (Wildman–Crippen LogP) is 4.56. The van der Waals surface area contributed by atoms with Crippen molar-refractivity contribution in [3.05, 3.63) is 12.2 Å². The monoisotopic (exact) mass is 308 g/mol. The summed E-state index contributed by atoms with van der Waals surface area (Å²) in [6.07, 6.45) is 21.4. The maximum atomic E-state index is 9.01. The van der Waals surface area contributed by atoms with E-state index in [1.165, 1.54) is 64.2 Å². The quantitative estimate of drug-likeness (QED) is 0.377. The fourth-order valence-electron chi connectivity index (χ4n) is 2.98. The maximum Gasteiger partial charge on any atom is 0.102 e. The first-order chi connectivity index (χ1) is 10.9. The third-order valence-electron chi connectivity index (χ3n) is 4.38. The number of aliphatic imine (C=N–C) groups is 1. The van der Waals surface area contributed by atoms with Gasteiger partial charge in [0, 0.05) is 19.3 Å². The molecule has 3 nitrogen and oxygen atoms in total. The second-order valence-electron chi connectivity index (χ2n) is 6.34. The number of aliphatic hydroxyl groups is 1. The number of allylic oxidation sites excluding steroid dienone is 2. The van der Waals surface area contributed by atoms with E-state index in [1.807, 2.05) is 6.21 Å². The molecule has 1 unspecified atom stereocenters. The number of nitrogens with zero attached hydrogens (tertiary/aromatic N) is 2. The Labute approximate surface area is 137 Å². The molecular formula is C19H36N2O. The number of hydrogen-bond donors (Lipinski definition) is 1. The summed E-state index contributed by atoms with van der Waals surface area (Å²) < 4.78 is 0. The van der Waals surface area contributed by atoms with E-state index in [0.29, 0.717) is 6.17 Å². The molecule has 1 rings (SSSR count). The minimum atomic E-state index is 0.239.